The highest BCUT2D eigenvalue weighted by Gasteiger charge is 2.16. The minimum absolute atomic E-state index is 0.430. The van der Waals surface area contributed by atoms with Crippen molar-refractivity contribution in [3.05, 3.63) is 0 Å². The van der Waals surface area contributed by atoms with E-state index in [1.165, 1.54) is 19.3 Å². The second-order valence-electron chi connectivity index (χ2n) is 3.89. The third kappa shape index (κ3) is 1.57. The first-order valence-electron chi connectivity index (χ1n) is 5.35. The smallest absolute Gasteiger partial charge is 0.229 e. The van der Waals surface area contributed by atoms with Crippen molar-refractivity contribution in [3.63, 3.8) is 0 Å². The number of nitrogens with two attached hydrogens (primary N) is 1. The van der Waals surface area contributed by atoms with Crippen LogP contribution in [0.3, 0.4) is 0 Å². The Hall–Kier alpha value is -1.50. The minimum Gasteiger partial charge on any atom is -0.382 e. The van der Waals surface area contributed by atoms with Gasteiger partial charge in [-0.3, -0.25) is 0 Å². The Morgan fingerprint density at radius 2 is 1.88 bits per heavy atom. The van der Waals surface area contributed by atoms with Crippen LogP contribution in [0.5, 0.6) is 0 Å². The van der Waals surface area contributed by atoms with Crippen molar-refractivity contribution < 1.29 is 0 Å². The third-order valence-electron chi connectivity index (χ3n) is 2.78. The summed E-state index contributed by atoms with van der Waals surface area (Å²) in [5, 5.41) is 0. The quantitative estimate of drug-likeness (QED) is 0.797. The lowest BCUT2D eigenvalue weighted by atomic mass is 10.1. The predicted molar refractivity (Wildman–Crippen MR) is 63.5 cm³/mol. The van der Waals surface area contributed by atoms with Crippen LogP contribution in [0.1, 0.15) is 19.3 Å². The van der Waals surface area contributed by atoms with Gasteiger partial charge in [0.2, 0.25) is 11.6 Å². The number of nitrogen functional groups attached to an aromatic ring is 1. The summed E-state index contributed by atoms with van der Waals surface area (Å²) in [5.74, 6) is 1.12. The van der Waals surface area contributed by atoms with Crippen molar-refractivity contribution in [1.82, 2.24) is 18.7 Å². The Labute approximate surface area is 96.8 Å². The molecule has 7 heteroatoms. The molecule has 1 aliphatic rings. The first kappa shape index (κ1) is 9.71. The van der Waals surface area contributed by atoms with E-state index in [0.717, 1.165) is 24.8 Å². The first-order chi connectivity index (χ1) is 7.84. The molecule has 1 saturated heterocycles. The van der Waals surface area contributed by atoms with Gasteiger partial charge in [0.05, 0.1) is 11.7 Å². The van der Waals surface area contributed by atoms with Crippen molar-refractivity contribution >= 4 is 34.7 Å². The van der Waals surface area contributed by atoms with Gasteiger partial charge in [-0.05, 0) is 19.3 Å². The molecule has 2 aromatic heterocycles. The molecule has 0 atom stereocenters. The molecule has 3 rings (SSSR count). The fourth-order valence-electron chi connectivity index (χ4n) is 1.93. The molecule has 2 aromatic rings. The fraction of sp³-hybridized carbons (Fsp3) is 0.556. The van der Waals surface area contributed by atoms with Crippen LogP contribution >= 0.6 is 11.7 Å². The van der Waals surface area contributed by atoms with Crippen molar-refractivity contribution in [3.8, 4) is 0 Å². The monoisotopic (exact) mass is 236 g/mol. The maximum atomic E-state index is 5.83. The molecule has 0 amide bonds. The van der Waals surface area contributed by atoms with Crippen LogP contribution in [-0.2, 0) is 0 Å². The molecule has 16 heavy (non-hydrogen) atoms. The van der Waals surface area contributed by atoms with Gasteiger partial charge in [-0.1, -0.05) is 0 Å². The van der Waals surface area contributed by atoms with E-state index in [9.17, 15) is 0 Å². The number of piperidine rings is 1. The number of hydrogen-bond acceptors (Lipinski definition) is 7. The van der Waals surface area contributed by atoms with Gasteiger partial charge in [0.15, 0.2) is 11.3 Å². The number of anilines is 2. The minimum atomic E-state index is 0.430. The molecule has 0 radical (unpaired) electrons. The standard InChI is InChI=1S/C9H12N6S/c10-7-6-8(14-16-13-6)12-9(11-7)15-4-2-1-3-5-15/h1-5H2,(H2,10,11,12,14). The highest BCUT2D eigenvalue weighted by molar-refractivity contribution is 7.00. The topological polar surface area (TPSA) is 80.8 Å². The summed E-state index contributed by atoms with van der Waals surface area (Å²) in [6.07, 6.45) is 3.67. The van der Waals surface area contributed by atoms with E-state index in [1.54, 1.807) is 0 Å². The summed E-state index contributed by atoms with van der Waals surface area (Å²) in [6, 6.07) is 0. The van der Waals surface area contributed by atoms with Crippen LogP contribution < -0.4 is 10.6 Å². The van der Waals surface area contributed by atoms with Crippen LogP contribution in [0.2, 0.25) is 0 Å². The summed E-state index contributed by atoms with van der Waals surface area (Å²) in [5.41, 5.74) is 7.06. The van der Waals surface area contributed by atoms with Crippen LogP contribution in [0.4, 0.5) is 11.8 Å². The Bertz CT molecular complexity index is 504. The number of aromatic nitrogens is 4. The maximum absolute atomic E-state index is 5.83. The predicted octanol–water partition coefficient (Wildman–Crippen LogP) is 1.05. The van der Waals surface area contributed by atoms with E-state index >= 15 is 0 Å². The summed E-state index contributed by atoms with van der Waals surface area (Å²) in [6.45, 7) is 2.00. The average Bonchev–Trinajstić information content (AvgIpc) is 2.79. The van der Waals surface area contributed by atoms with Crippen molar-refractivity contribution in [1.29, 1.82) is 0 Å². The van der Waals surface area contributed by atoms with Crippen molar-refractivity contribution in [2.45, 2.75) is 19.3 Å². The molecule has 0 bridgehead atoms. The van der Waals surface area contributed by atoms with E-state index in [4.69, 9.17) is 5.73 Å². The van der Waals surface area contributed by atoms with Crippen LogP contribution in [0, 0.1) is 0 Å². The zero-order chi connectivity index (χ0) is 11.0. The van der Waals surface area contributed by atoms with E-state index in [-0.39, 0.29) is 0 Å². The normalized spacial score (nSPS) is 16.9. The summed E-state index contributed by atoms with van der Waals surface area (Å²) in [4.78, 5) is 10.9. The Kier molecular flexibility index (Phi) is 2.32. The Balaban J connectivity index is 2.02. The molecule has 0 saturated carbocycles. The molecule has 2 N–H and O–H groups in total. The zero-order valence-electron chi connectivity index (χ0n) is 8.76. The molecule has 3 heterocycles. The largest absolute Gasteiger partial charge is 0.382 e. The van der Waals surface area contributed by atoms with E-state index in [0.29, 0.717) is 22.9 Å². The summed E-state index contributed by atoms with van der Waals surface area (Å²) >= 11 is 1.12. The fourth-order valence-corrected chi connectivity index (χ4v) is 2.44. The van der Waals surface area contributed by atoms with Gasteiger partial charge in [0, 0.05) is 13.1 Å². The lowest BCUT2D eigenvalue weighted by molar-refractivity contribution is 0.569. The van der Waals surface area contributed by atoms with E-state index in [2.05, 4.69) is 23.6 Å². The number of hydrogen-bond donors (Lipinski definition) is 1. The molecule has 0 aliphatic carbocycles. The van der Waals surface area contributed by atoms with Gasteiger partial charge in [-0.15, -0.1) is 0 Å². The lowest BCUT2D eigenvalue weighted by Gasteiger charge is -2.26. The lowest BCUT2D eigenvalue weighted by Crippen LogP contribution is -2.31. The highest BCUT2D eigenvalue weighted by Crippen LogP contribution is 2.21. The van der Waals surface area contributed by atoms with Gasteiger partial charge < -0.3 is 10.6 Å². The molecular weight excluding hydrogens is 224 g/mol. The Morgan fingerprint density at radius 3 is 2.69 bits per heavy atom. The second-order valence-corrected chi connectivity index (χ2v) is 4.42. The second kappa shape index (κ2) is 3.82. The van der Waals surface area contributed by atoms with Gasteiger partial charge >= 0.3 is 0 Å². The first-order valence-corrected chi connectivity index (χ1v) is 6.08. The molecular formula is C9H12N6S. The Morgan fingerprint density at radius 1 is 1.06 bits per heavy atom. The van der Waals surface area contributed by atoms with Crippen LogP contribution in [-0.4, -0.2) is 31.8 Å². The summed E-state index contributed by atoms with van der Waals surface area (Å²) < 4.78 is 8.17. The van der Waals surface area contributed by atoms with E-state index in [1.807, 2.05) is 0 Å². The summed E-state index contributed by atoms with van der Waals surface area (Å²) in [7, 11) is 0. The molecule has 0 aromatic carbocycles. The van der Waals surface area contributed by atoms with Crippen LogP contribution in [0.15, 0.2) is 0 Å². The maximum Gasteiger partial charge on any atom is 0.229 e. The number of rotatable bonds is 1. The molecule has 84 valence electrons. The molecule has 0 spiro atoms. The number of nitrogens with zero attached hydrogens (tertiary/aromatic N) is 5. The number of fused-ring (bicyclic) bond motifs is 1. The molecule has 0 unspecified atom stereocenters. The SMILES string of the molecule is Nc1nc(N2CCCCC2)nc2nsnc12. The van der Waals surface area contributed by atoms with Gasteiger partial charge in [-0.25, -0.2) is 0 Å². The van der Waals surface area contributed by atoms with Crippen LogP contribution in [0.25, 0.3) is 11.2 Å². The van der Waals surface area contributed by atoms with Gasteiger partial charge in [-0.2, -0.15) is 18.7 Å². The molecule has 1 aliphatic heterocycles. The van der Waals surface area contributed by atoms with E-state index < -0.39 is 0 Å². The molecule has 6 nitrogen and oxygen atoms in total. The molecule has 1 fully saturated rings. The third-order valence-corrected chi connectivity index (χ3v) is 3.30. The van der Waals surface area contributed by atoms with Gasteiger partial charge in [0.1, 0.15) is 0 Å². The average molecular weight is 236 g/mol. The highest BCUT2D eigenvalue weighted by atomic mass is 32.1. The van der Waals surface area contributed by atoms with Crippen molar-refractivity contribution in [2.24, 2.45) is 0 Å². The van der Waals surface area contributed by atoms with Crippen molar-refractivity contribution in [2.75, 3.05) is 23.7 Å². The van der Waals surface area contributed by atoms with Gasteiger partial charge in [0.25, 0.3) is 0 Å². The zero-order valence-corrected chi connectivity index (χ0v) is 9.57.